The minimum absolute atomic E-state index is 0.0101. The van der Waals surface area contributed by atoms with Crippen molar-refractivity contribution in [2.45, 2.75) is 79.9 Å². The Bertz CT molecular complexity index is 343. The van der Waals surface area contributed by atoms with Crippen molar-refractivity contribution < 1.29 is 14.7 Å². The van der Waals surface area contributed by atoms with Crippen LogP contribution >= 0.6 is 0 Å². The lowest BCUT2D eigenvalue weighted by atomic mass is 9.60. The summed E-state index contributed by atoms with van der Waals surface area (Å²) < 4.78 is 5.76. The van der Waals surface area contributed by atoms with Crippen LogP contribution in [0.5, 0.6) is 0 Å². The fraction of sp³-hybridized carbons (Fsp3) is 0.938. The molecule has 0 aliphatic heterocycles. The molecular weight excluding hydrogens is 254 g/mol. The number of carbonyl (C=O) groups excluding carboxylic acids is 1. The van der Waals surface area contributed by atoms with Gasteiger partial charge in [0.15, 0.2) is 0 Å². The second kappa shape index (κ2) is 5.64. The van der Waals surface area contributed by atoms with E-state index in [9.17, 15) is 10.0 Å². The second-order valence-electron chi connectivity index (χ2n) is 8.21. The first-order chi connectivity index (χ1) is 8.96. The average molecular weight is 285 g/mol. The topological polar surface area (TPSA) is 58.6 Å². The van der Waals surface area contributed by atoms with Crippen molar-refractivity contribution in [1.29, 1.82) is 0 Å². The molecule has 118 valence electrons. The summed E-state index contributed by atoms with van der Waals surface area (Å²) in [5, 5.41) is 9.44. The number of carbonyl (C=O) groups is 1. The molecule has 1 saturated carbocycles. The Hall–Kier alpha value is -0.610. The van der Waals surface area contributed by atoms with Crippen molar-refractivity contribution in [1.82, 2.24) is 5.48 Å². The van der Waals surface area contributed by atoms with Crippen molar-refractivity contribution in [2.24, 2.45) is 16.2 Å². The van der Waals surface area contributed by atoms with Gasteiger partial charge in [0.05, 0.1) is 5.41 Å². The van der Waals surface area contributed by atoms with Crippen LogP contribution in [0.3, 0.4) is 0 Å². The Kier molecular flexibility index (Phi) is 4.92. The highest BCUT2D eigenvalue weighted by molar-refractivity contribution is 5.76. The summed E-state index contributed by atoms with van der Waals surface area (Å²) in [5.74, 6) is -0.119. The molecule has 1 rings (SSSR count). The van der Waals surface area contributed by atoms with Crippen molar-refractivity contribution in [3.63, 3.8) is 0 Å². The first-order valence-electron chi connectivity index (χ1n) is 7.57. The van der Waals surface area contributed by atoms with E-state index in [-0.39, 0.29) is 28.9 Å². The summed E-state index contributed by atoms with van der Waals surface area (Å²) in [6.07, 6.45) is 2.22. The van der Waals surface area contributed by atoms with Gasteiger partial charge in [-0.05, 0) is 43.9 Å². The third-order valence-corrected chi connectivity index (χ3v) is 4.91. The molecule has 0 amide bonds. The third kappa shape index (κ3) is 3.53. The van der Waals surface area contributed by atoms with E-state index in [4.69, 9.17) is 4.74 Å². The Balaban J connectivity index is 2.83. The SMILES string of the molecule is CCC(C)(C)C(=O)OC1CC(C)(C)C(NO)C(C)(C)C1. The summed E-state index contributed by atoms with van der Waals surface area (Å²) in [6.45, 7) is 14.3. The Morgan fingerprint density at radius 3 is 2.05 bits per heavy atom. The molecule has 0 aromatic heterocycles. The van der Waals surface area contributed by atoms with Crippen LogP contribution in [-0.2, 0) is 9.53 Å². The van der Waals surface area contributed by atoms with E-state index in [1.807, 2.05) is 20.8 Å². The van der Waals surface area contributed by atoms with Crippen LogP contribution in [0.25, 0.3) is 0 Å². The molecule has 1 aliphatic carbocycles. The second-order valence-corrected chi connectivity index (χ2v) is 8.21. The number of hydrogen-bond acceptors (Lipinski definition) is 4. The van der Waals surface area contributed by atoms with Gasteiger partial charge >= 0.3 is 5.97 Å². The largest absolute Gasteiger partial charge is 0.462 e. The van der Waals surface area contributed by atoms with E-state index in [0.29, 0.717) is 0 Å². The lowest BCUT2D eigenvalue weighted by molar-refractivity contribution is -0.169. The van der Waals surface area contributed by atoms with E-state index in [2.05, 4.69) is 33.2 Å². The molecule has 20 heavy (non-hydrogen) atoms. The lowest BCUT2D eigenvalue weighted by Gasteiger charge is -2.51. The first-order valence-corrected chi connectivity index (χ1v) is 7.57. The maximum Gasteiger partial charge on any atom is 0.311 e. The summed E-state index contributed by atoms with van der Waals surface area (Å²) in [7, 11) is 0. The molecule has 0 spiro atoms. The molecule has 1 aliphatic rings. The Labute approximate surface area is 123 Å². The minimum Gasteiger partial charge on any atom is -0.462 e. The van der Waals surface area contributed by atoms with Gasteiger partial charge < -0.3 is 9.94 Å². The molecule has 0 aromatic carbocycles. The fourth-order valence-electron chi connectivity index (χ4n) is 3.43. The van der Waals surface area contributed by atoms with Crippen molar-refractivity contribution in [3.8, 4) is 0 Å². The van der Waals surface area contributed by atoms with E-state index in [1.165, 1.54) is 0 Å². The van der Waals surface area contributed by atoms with Crippen molar-refractivity contribution in [2.75, 3.05) is 0 Å². The predicted molar refractivity (Wildman–Crippen MR) is 79.5 cm³/mol. The number of rotatable bonds is 4. The van der Waals surface area contributed by atoms with Crippen LogP contribution in [0.15, 0.2) is 0 Å². The van der Waals surface area contributed by atoms with Crippen LogP contribution < -0.4 is 5.48 Å². The van der Waals surface area contributed by atoms with E-state index in [1.54, 1.807) is 0 Å². The molecule has 4 heteroatoms. The number of ether oxygens (including phenoxy) is 1. The van der Waals surface area contributed by atoms with Gasteiger partial charge in [-0.1, -0.05) is 34.6 Å². The predicted octanol–water partition coefficient (Wildman–Crippen LogP) is 3.53. The Morgan fingerprint density at radius 1 is 1.25 bits per heavy atom. The van der Waals surface area contributed by atoms with Crippen LogP contribution in [-0.4, -0.2) is 23.3 Å². The quantitative estimate of drug-likeness (QED) is 0.613. The molecular formula is C16H31NO3. The zero-order chi connectivity index (χ0) is 15.8. The van der Waals surface area contributed by atoms with Crippen molar-refractivity contribution in [3.05, 3.63) is 0 Å². The minimum atomic E-state index is -0.430. The molecule has 0 unspecified atom stereocenters. The maximum atomic E-state index is 12.2. The molecule has 0 saturated heterocycles. The smallest absolute Gasteiger partial charge is 0.311 e. The molecule has 2 N–H and O–H groups in total. The average Bonchev–Trinajstić information content (AvgIpc) is 2.25. The van der Waals surface area contributed by atoms with Crippen molar-refractivity contribution >= 4 is 5.97 Å². The summed E-state index contributed by atoms with van der Waals surface area (Å²) in [6, 6.07) is -0.0101. The van der Waals surface area contributed by atoms with Crippen LogP contribution in [0.1, 0.15) is 67.7 Å². The standard InChI is InChI=1S/C16H31NO3/c1-8-14(2,3)13(18)20-11-9-15(4,5)12(17-19)16(6,7)10-11/h11-12,17,19H,8-10H2,1-7H3. The molecule has 0 bridgehead atoms. The third-order valence-electron chi connectivity index (χ3n) is 4.91. The zero-order valence-corrected chi connectivity index (χ0v) is 14.0. The van der Waals surface area contributed by atoms with Gasteiger partial charge in [0.2, 0.25) is 0 Å². The van der Waals surface area contributed by atoms with Crippen LogP contribution in [0.4, 0.5) is 0 Å². The Morgan fingerprint density at radius 2 is 1.70 bits per heavy atom. The number of hydroxylamine groups is 1. The molecule has 0 aromatic rings. The van der Waals surface area contributed by atoms with Gasteiger partial charge in [0, 0.05) is 6.04 Å². The van der Waals surface area contributed by atoms with Gasteiger partial charge in [-0.2, -0.15) is 0 Å². The maximum absolute atomic E-state index is 12.2. The van der Waals surface area contributed by atoms with E-state index >= 15 is 0 Å². The molecule has 0 heterocycles. The molecule has 4 nitrogen and oxygen atoms in total. The van der Waals surface area contributed by atoms with Gasteiger partial charge in [-0.3, -0.25) is 4.79 Å². The number of nitrogens with one attached hydrogen (secondary N) is 1. The normalized spacial score (nSPS) is 29.0. The van der Waals surface area contributed by atoms with E-state index < -0.39 is 5.41 Å². The fourth-order valence-corrected chi connectivity index (χ4v) is 3.43. The van der Waals surface area contributed by atoms with Crippen LogP contribution in [0, 0.1) is 16.2 Å². The number of hydrogen-bond donors (Lipinski definition) is 2. The lowest BCUT2D eigenvalue weighted by Crippen LogP contribution is -2.57. The van der Waals surface area contributed by atoms with Gasteiger partial charge in [-0.15, -0.1) is 0 Å². The highest BCUT2D eigenvalue weighted by Crippen LogP contribution is 2.47. The van der Waals surface area contributed by atoms with Gasteiger partial charge in [0.25, 0.3) is 0 Å². The van der Waals surface area contributed by atoms with Gasteiger partial charge in [-0.25, -0.2) is 5.48 Å². The monoisotopic (exact) mass is 285 g/mol. The summed E-state index contributed by atoms with van der Waals surface area (Å²) >= 11 is 0. The zero-order valence-electron chi connectivity index (χ0n) is 14.0. The molecule has 1 fully saturated rings. The van der Waals surface area contributed by atoms with E-state index in [0.717, 1.165) is 19.3 Å². The van der Waals surface area contributed by atoms with Gasteiger partial charge in [0.1, 0.15) is 6.10 Å². The molecule has 0 atom stereocenters. The summed E-state index contributed by atoms with van der Waals surface area (Å²) in [5.41, 5.74) is 1.77. The summed E-state index contributed by atoms with van der Waals surface area (Å²) in [4.78, 5) is 12.2. The number of esters is 1. The van der Waals surface area contributed by atoms with Crippen LogP contribution in [0.2, 0.25) is 0 Å². The highest BCUT2D eigenvalue weighted by Gasteiger charge is 2.49. The molecule has 0 radical (unpaired) electrons. The highest BCUT2D eigenvalue weighted by atomic mass is 16.5. The first kappa shape index (κ1) is 17.4.